The molecule has 2 heteroatoms. The number of aliphatic hydroxyl groups is 1. The lowest BCUT2D eigenvalue weighted by Gasteiger charge is -2.27. The van der Waals surface area contributed by atoms with Crippen molar-refractivity contribution in [3.63, 3.8) is 0 Å². The Morgan fingerprint density at radius 1 is 1.21 bits per heavy atom. The van der Waals surface area contributed by atoms with E-state index in [-0.39, 0.29) is 12.0 Å². The average molecular weight is 263 g/mol. The molecule has 0 aliphatic heterocycles. The summed E-state index contributed by atoms with van der Waals surface area (Å²) in [5.74, 6) is 0. The molecule has 0 amide bonds. The van der Waals surface area contributed by atoms with Crippen LogP contribution in [0.15, 0.2) is 18.2 Å². The van der Waals surface area contributed by atoms with Gasteiger partial charge < -0.3 is 10.4 Å². The molecule has 1 unspecified atom stereocenters. The number of rotatable bonds is 7. The summed E-state index contributed by atoms with van der Waals surface area (Å²) in [4.78, 5) is 0. The molecule has 0 saturated heterocycles. The first-order chi connectivity index (χ1) is 8.85. The van der Waals surface area contributed by atoms with Gasteiger partial charge >= 0.3 is 0 Å². The molecular weight excluding hydrogens is 234 g/mol. The monoisotopic (exact) mass is 263 g/mol. The smallest absolute Gasteiger partial charge is 0.0431 e. The second-order valence-electron chi connectivity index (χ2n) is 6.44. The molecule has 2 N–H and O–H groups in total. The fraction of sp³-hybridized carbons (Fsp3) is 0.647. The SMILES string of the molecule is Cc1ccc(C(C)NCC(C)(C)CCCO)cc1C. The van der Waals surface area contributed by atoms with Crippen molar-refractivity contribution >= 4 is 0 Å². The molecule has 1 aromatic carbocycles. The summed E-state index contributed by atoms with van der Waals surface area (Å²) >= 11 is 0. The predicted molar refractivity (Wildman–Crippen MR) is 82.4 cm³/mol. The molecule has 19 heavy (non-hydrogen) atoms. The second-order valence-corrected chi connectivity index (χ2v) is 6.44. The van der Waals surface area contributed by atoms with Crippen LogP contribution in [0.3, 0.4) is 0 Å². The van der Waals surface area contributed by atoms with E-state index in [0.29, 0.717) is 6.04 Å². The van der Waals surface area contributed by atoms with Crippen LogP contribution in [0.2, 0.25) is 0 Å². The number of nitrogens with one attached hydrogen (secondary N) is 1. The van der Waals surface area contributed by atoms with Gasteiger partial charge in [0, 0.05) is 19.2 Å². The van der Waals surface area contributed by atoms with E-state index in [1.165, 1.54) is 16.7 Å². The zero-order valence-corrected chi connectivity index (χ0v) is 13.1. The molecule has 0 fully saturated rings. The molecule has 0 aliphatic carbocycles. The van der Waals surface area contributed by atoms with Crippen molar-refractivity contribution in [3.8, 4) is 0 Å². The summed E-state index contributed by atoms with van der Waals surface area (Å²) in [6.45, 7) is 12.3. The van der Waals surface area contributed by atoms with Gasteiger partial charge in [-0.15, -0.1) is 0 Å². The quantitative estimate of drug-likeness (QED) is 0.785. The summed E-state index contributed by atoms with van der Waals surface area (Å²) in [7, 11) is 0. The highest BCUT2D eigenvalue weighted by Crippen LogP contribution is 2.23. The Hall–Kier alpha value is -0.860. The number of aliphatic hydroxyl groups excluding tert-OH is 1. The topological polar surface area (TPSA) is 32.3 Å². The van der Waals surface area contributed by atoms with Crippen LogP contribution >= 0.6 is 0 Å². The Morgan fingerprint density at radius 2 is 1.89 bits per heavy atom. The van der Waals surface area contributed by atoms with Crippen LogP contribution in [0.5, 0.6) is 0 Å². The third kappa shape index (κ3) is 5.33. The van der Waals surface area contributed by atoms with E-state index >= 15 is 0 Å². The summed E-state index contributed by atoms with van der Waals surface area (Å²) in [5, 5.41) is 12.5. The van der Waals surface area contributed by atoms with Crippen LogP contribution in [0.4, 0.5) is 0 Å². The van der Waals surface area contributed by atoms with Gasteiger partial charge in [-0.05, 0) is 55.7 Å². The van der Waals surface area contributed by atoms with E-state index < -0.39 is 0 Å². The van der Waals surface area contributed by atoms with Crippen LogP contribution in [-0.2, 0) is 0 Å². The number of benzene rings is 1. The molecule has 0 aromatic heterocycles. The van der Waals surface area contributed by atoms with Crippen LogP contribution in [0, 0.1) is 19.3 Å². The Labute approximate surface area is 118 Å². The minimum Gasteiger partial charge on any atom is -0.396 e. The Bertz CT molecular complexity index is 398. The number of hydrogen-bond acceptors (Lipinski definition) is 2. The van der Waals surface area contributed by atoms with Gasteiger partial charge in [0.05, 0.1) is 0 Å². The first-order valence-corrected chi connectivity index (χ1v) is 7.27. The molecule has 0 saturated carbocycles. The molecule has 1 atom stereocenters. The van der Waals surface area contributed by atoms with Crippen molar-refractivity contribution in [1.29, 1.82) is 0 Å². The molecule has 0 aliphatic rings. The van der Waals surface area contributed by atoms with Gasteiger partial charge in [-0.25, -0.2) is 0 Å². The Balaban J connectivity index is 2.54. The van der Waals surface area contributed by atoms with Gasteiger partial charge in [0.15, 0.2) is 0 Å². The van der Waals surface area contributed by atoms with E-state index in [0.717, 1.165) is 19.4 Å². The van der Waals surface area contributed by atoms with Crippen molar-refractivity contribution < 1.29 is 5.11 Å². The van der Waals surface area contributed by atoms with Crippen LogP contribution < -0.4 is 5.32 Å². The predicted octanol–water partition coefficient (Wildman–Crippen LogP) is 3.75. The molecule has 0 heterocycles. The van der Waals surface area contributed by atoms with Gasteiger partial charge in [-0.1, -0.05) is 32.0 Å². The molecule has 2 nitrogen and oxygen atoms in total. The van der Waals surface area contributed by atoms with Crippen molar-refractivity contribution in [1.82, 2.24) is 5.32 Å². The van der Waals surface area contributed by atoms with Crippen molar-refractivity contribution in [2.24, 2.45) is 5.41 Å². The summed E-state index contributed by atoms with van der Waals surface area (Å²) in [6, 6.07) is 7.04. The first-order valence-electron chi connectivity index (χ1n) is 7.27. The van der Waals surface area contributed by atoms with Gasteiger partial charge in [0.2, 0.25) is 0 Å². The normalized spacial score (nSPS) is 13.6. The standard InChI is InChI=1S/C17H29NO/c1-13-7-8-16(11-14(13)2)15(3)18-12-17(4,5)9-6-10-19/h7-8,11,15,18-19H,6,9-10,12H2,1-5H3. The third-order valence-corrected chi connectivity index (χ3v) is 3.93. The van der Waals surface area contributed by atoms with E-state index in [9.17, 15) is 0 Å². The van der Waals surface area contributed by atoms with E-state index in [1.54, 1.807) is 0 Å². The molecule has 0 spiro atoms. The first kappa shape index (κ1) is 16.2. The maximum Gasteiger partial charge on any atom is 0.0431 e. The molecular formula is C17H29NO. The van der Waals surface area contributed by atoms with Crippen LogP contribution in [0.25, 0.3) is 0 Å². The fourth-order valence-electron chi connectivity index (χ4n) is 2.23. The molecule has 1 aromatic rings. The van der Waals surface area contributed by atoms with Gasteiger partial charge in [-0.3, -0.25) is 0 Å². The minimum atomic E-state index is 0.233. The lowest BCUT2D eigenvalue weighted by Crippen LogP contribution is -2.31. The van der Waals surface area contributed by atoms with Crippen LogP contribution in [-0.4, -0.2) is 18.3 Å². The highest BCUT2D eigenvalue weighted by atomic mass is 16.2. The van der Waals surface area contributed by atoms with Gasteiger partial charge in [-0.2, -0.15) is 0 Å². The minimum absolute atomic E-state index is 0.233. The van der Waals surface area contributed by atoms with Crippen molar-refractivity contribution in [2.45, 2.75) is 53.5 Å². The van der Waals surface area contributed by atoms with E-state index in [2.05, 4.69) is 58.1 Å². The molecule has 108 valence electrons. The number of aryl methyl sites for hydroxylation is 2. The van der Waals surface area contributed by atoms with E-state index in [1.807, 2.05) is 0 Å². The summed E-state index contributed by atoms with van der Waals surface area (Å²) in [6.07, 6.45) is 1.93. The number of hydrogen-bond donors (Lipinski definition) is 2. The lowest BCUT2D eigenvalue weighted by molar-refractivity contribution is 0.233. The van der Waals surface area contributed by atoms with Crippen LogP contribution in [0.1, 0.15) is 56.3 Å². The maximum absolute atomic E-state index is 8.92. The fourth-order valence-corrected chi connectivity index (χ4v) is 2.23. The van der Waals surface area contributed by atoms with Crippen molar-refractivity contribution in [3.05, 3.63) is 34.9 Å². The van der Waals surface area contributed by atoms with Gasteiger partial charge in [0.25, 0.3) is 0 Å². The second kappa shape index (κ2) is 7.06. The Kier molecular flexibility index (Phi) is 6.02. The third-order valence-electron chi connectivity index (χ3n) is 3.93. The molecule has 0 bridgehead atoms. The zero-order valence-electron chi connectivity index (χ0n) is 13.1. The molecule has 0 radical (unpaired) electrons. The van der Waals surface area contributed by atoms with Gasteiger partial charge in [0.1, 0.15) is 0 Å². The molecule has 1 rings (SSSR count). The average Bonchev–Trinajstić information content (AvgIpc) is 2.37. The summed E-state index contributed by atoms with van der Waals surface area (Å²) < 4.78 is 0. The van der Waals surface area contributed by atoms with Crippen molar-refractivity contribution in [2.75, 3.05) is 13.2 Å². The largest absolute Gasteiger partial charge is 0.396 e. The summed E-state index contributed by atoms with van der Waals surface area (Å²) in [5.41, 5.74) is 4.28. The zero-order chi connectivity index (χ0) is 14.5. The van der Waals surface area contributed by atoms with E-state index in [4.69, 9.17) is 5.11 Å². The highest BCUT2D eigenvalue weighted by Gasteiger charge is 2.18. The maximum atomic E-state index is 8.92. The highest BCUT2D eigenvalue weighted by molar-refractivity contribution is 5.31. The Morgan fingerprint density at radius 3 is 2.47 bits per heavy atom. The lowest BCUT2D eigenvalue weighted by atomic mass is 9.87.